The van der Waals surface area contributed by atoms with Gasteiger partial charge >= 0.3 is 0 Å². The standard InChI is InChI=1S/C20H20N2O2/c1-2-6-18-16(5-1)7-8-19(20(18)17-9-10-21-22-12-17)24-14-15-4-3-11-23-13-15/h1-2,5-10,12,15H,3-4,11,13-14H2. The Morgan fingerprint density at radius 1 is 1.08 bits per heavy atom. The lowest BCUT2D eigenvalue weighted by molar-refractivity contribution is 0.0353. The highest BCUT2D eigenvalue weighted by molar-refractivity contribution is 5.99. The third-order valence-electron chi connectivity index (χ3n) is 4.49. The first-order valence-corrected chi connectivity index (χ1v) is 8.41. The topological polar surface area (TPSA) is 44.2 Å². The Morgan fingerprint density at radius 3 is 2.88 bits per heavy atom. The van der Waals surface area contributed by atoms with Gasteiger partial charge in [0.2, 0.25) is 0 Å². The van der Waals surface area contributed by atoms with E-state index < -0.39 is 0 Å². The number of benzene rings is 2. The van der Waals surface area contributed by atoms with Crippen LogP contribution in [-0.2, 0) is 4.74 Å². The van der Waals surface area contributed by atoms with E-state index in [-0.39, 0.29) is 0 Å². The van der Waals surface area contributed by atoms with Crippen molar-refractivity contribution in [1.82, 2.24) is 10.2 Å². The van der Waals surface area contributed by atoms with E-state index in [9.17, 15) is 0 Å². The Labute approximate surface area is 141 Å². The zero-order valence-electron chi connectivity index (χ0n) is 13.5. The highest BCUT2D eigenvalue weighted by Gasteiger charge is 2.17. The molecule has 1 fully saturated rings. The van der Waals surface area contributed by atoms with Crippen LogP contribution in [0, 0.1) is 5.92 Å². The van der Waals surface area contributed by atoms with Gasteiger partial charge in [0.15, 0.2) is 0 Å². The van der Waals surface area contributed by atoms with Crippen LogP contribution in [0.1, 0.15) is 12.8 Å². The van der Waals surface area contributed by atoms with Crippen LogP contribution in [0.3, 0.4) is 0 Å². The SMILES string of the molecule is c1ccc2c(-c3ccnnc3)c(OCC3CCCOC3)ccc2c1. The molecule has 1 saturated heterocycles. The predicted octanol–water partition coefficient (Wildman–Crippen LogP) is 4.10. The van der Waals surface area contributed by atoms with E-state index in [2.05, 4.69) is 46.6 Å². The molecular formula is C20H20N2O2. The number of hydrogen-bond acceptors (Lipinski definition) is 4. The van der Waals surface area contributed by atoms with Gasteiger partial charge in [-0.1, -0.05) is 30.3 Å². The molecular weight excluding hydrogens is 300 g/mol. The normalized spacial score (nSPS) is 17.8. The molecule has 0 spiro atoms. The maximum absolute atomic E-state index is 6.21. The van der Waals surface area contributed by atoms with Crippen molar-refractivity contribution in [3.05, 3.63) is 54.9 Å². The van der Waals surface area contributed by atoms with Crippen molar-refractivity contribution in [2.75, 3.05) is 19.8 Å². The van der Waals surface area contributed by atoms with Gasteiger partial charge in [-0.3, -0.25) is 0 Å². The van der Waals surface area contributed by atoms with Crippen molar-refractivity contribution in [1.29, 1.82) is 0 Å². The highest BCUT2D eigenvalue weighted by atomic mass is 16.5. The molecule has 1 aliphatic rings. The summed E-state index contributed by atoms with van der Waals surface area (Å²) in [6.07, 6.45) is 5.79. The first-order chi connectivity index (χ1) is 11.9. The van der Waals surface area contributed by atoms with E-state index in [0.29, 0.717) is 12.5 Å². The maximum atomic E-state index is 6.21. The van der Waals surface area contributed by atoms with Gasteiger partial charge in [-0.2, -0.15) is 10.2 Å². The van der Waals surface area contributed by atoms with Gasteiger partial charge in [0.1, 0.15) is 5.75 Å². The zero-order chi connectivity index (χ0) is 16.2. The predicted molar refractivity (Wildman–Crippen MR) is 94.0 cm³/mol. The van der Waals surface area contributed by atoms with Gasteiger partial charge in [-0.15, -0.1) is 0 Å². The quantitative estimate of drug-likeness (QED) is 0.726. The molecule has 0 amide bonds. The van der Waals surface area contributed by atoms with E-state index in [1.807, 2.05) is 6.07 Å². The Morgan fingerprint density at radius 2 is 2.04 bits per heavy atom. The van der Waals surface area contributed by atoms with E-state index in [0.717, 1.165) is 36.5 Å². The molecule has 0 bridgehead atoms. The van der Waals surface area contributed by atoms with Gasteiger partial charge in [-0.05, 0) is 35.7 Å². The number of ether oxygens (including phenoxy) is 2. The summed E-state index contributed by atoms with van der Waals surface area (Å²) < 4.78 is 11.8. The average molecular weight is 320 g/mol. The Kier molecular flexibility index (Phi) is 4.38. The first kappa shape index (κ1) is 15.1. The van der Waals surface area contributed by atoms with Crippen LogP contribution < -0.4 is 4.74 Å². The molecule has 2 heterocycles. The van der Waals surface area contributed by atoms with Gasteiger partial charge in [0, 0.05) is 23.7 Å². The molecule has 122 valence electrons. The molecule has 0 radical (unpaired) electrons. The Bertz CT molecular complexity index is 814. The monoisotopic (exact) mass is 320 g/mol. The third kappa shape index (κ3) is 3.10. The fourth-order valence-electron chi connectivity index (χ4n) is 3.25. The van der Waals surface area contributed by atoms with Crippen LogP contribution in [0.2, 0.25) is 0 Å². The van der Waals surface area contributed by atoms with Crippen molar-refractivity contribution >= 4 is 10.8 Å². The molecule has 0 aliphatic carbocycles. The summed E-state index contributed by atoms with van der Waals surface area (Å²) in [6, 6.07) is 14.5. The number of hydrogen-bond donors (Lipinski definition) is 0. The molecule has 4 heteroatoms. The number of rotatable bonds is 4. The van der Waals surface area contributed by atoms with Crippen LogP contribution in [-0.4, -0.2) is 30.0 Å². The molecule has 1 aliphatic heterocycles. The molecule has 2 aromatic carbocycles. The smallest absolute Gasteiger partial charge is 0.127 e. The second kappa shape index (κ2) is 6.97. The Balaban J connectivity index is 1.71. The lowest BCUT2D eigenvalue weighted by Crippen LogP contribution is -2.23. The van der Waals surface area contributed by atoms with Crippen LogP contribution in [0.15, 0.2) is 54.9 Å². The number of fused-ring (bicyclic) bond motifs is 1. The highest BCUT2D eigenvalue weighted by Crippen LogP contribution is 2.37. The number of aromatic nitrogens is 2. The van der Waals surface area contributed by atoms with Crippen molar-refractivity contribution in [2.24, 2.45) is 5.92 Å². The lowest BCUT2D eigenvalue weighted by Gasteiger charge is -2.23. The van der Waals surface area contributed by atoms with Crippen molar-refractivity contribution < 1.29 is 9.47 Å². The van der Waals surface area contributed by atoms with Gasteiger partial charge < -0.3 is 9.47 Å². The summed E-state index contributed by atoms with van der Waals surface area (Å²) in [4.78, 5) is 0. The molecule has 4 rings (SSSR count). The second-order valence-electron chi connectivity index (χ2n) is 6.19. The summed E-state index contributed by atoms with van der Waals surface area (Å²) in [5.41, 5.74) is 2.11. The minimum Gasteiger partial charge on any atom is -0.493 e. The van der Waals surface area contributed by atoms with Crippen molar-refractivity contribution in [2.45, 2.75) is 12.8 Å². The minimum absolute atomic E-state index is 0.466. The minimum atomic E-state index is 0.466. The van der Waals surface area contributed by atoms with Crippen LogP contribution in [0.25, 0.3) is 21.9 Å². The van der Waals surface area contributed by atoms with E-state index >= 15 is 0 Å². The average Bonchev–Trinajstić information content (AvgIpc) is 2.67. The molecule has 24 heavy (non-hydrogen) atoms. The summed E-state index contributed by atoms with van der Waals surface area (Å²) in [6.45, 7) is 2.35. The van der Waals surface area contributed by atoms with Crippen LogP contribution in [0.5, 0.6) is 5.75 Å². The summed E-state index contributed by atoms with van der Waals surface area (Å²) in [5, 5.41) is 10.3. The number of nitrogens with zero attached hydrogens (tertiary/aromatic N) is 2. The molecule has 3 aromatic rings. The van der Waals surface area contributed by atoms with Crippen molar-refractivity contribution in [3.8, 4) is 16.9 Å². The maximum Gasteiger partial charge on any atom is 0.127 e. The summed E-state index contributed by atoms with van der Waals surface area (Å²) in [5.74, 6) is 1.36. The first-order valence-electron chi connectivity index (χ1n) is 8.41. The van der Waals surface area contributed by atoms with E-state index in [1.54, 1.807) is 12.4 Å². The van der Waals surface area contributed by atoms with Gasteiger partial charge in [0.05, 0.1) is 25.6 Å². The summed E-state index contributed by atoms with van der Waals surface area (Å²) >= 11 is 0. The fraction of sp³-hybridized carbons (Fsp3) is 0.300. The van der Waals surface area contributed by atoms with Gasteiger partial charge in [-0.25, -0.2) is 0 Å². The molecule has 0 N–H and O–H groups in total. The molecule has 1 aromatic heterocycles. The van der Waals surface area contributed by atoms with Crippen molar-refractivity contribution in [3.63, 3.8) is 0 Å². The van der Waals surface area contributed by atoms with E-state index in [1.165, 1.54) is 17.2 Å². The van der Waals surface area contributed by atoms with Crippen LogP contribution >= 0.6 is 0 Å². The largest absolute Gasteiger partial charge is 0.493 e. The second-order valence-corrected chi connectivity index (χ2v) is 6.19. The van der Waals surface area contributed by atoms with Crippen LogP contribution in [0.4, 0.5) is 0 Å². The molecule has 1 atom stereocenters. The Hall–Kier alpha value is -2.46. The third-order valence-corrected chi connectivity index (χ3v) is 4.49. The zero-order valence-corrected chi connectivity index (χ0v) is 13.5. The van der Waals surface area contributed by atoms with E-state index in [4.69, 9.17) is 9.47 Å². The molecule has 4 nitrogen and oxygen atoms in total. The summed E-state index contributed by atoms with van der Waals surface area (Å²) in [7, 11) is 0. The fourth-order valence-corrected chi connectivity index (χ4v) is 3.25. The molecule has 0 saturated carbocycles. The molecule has 1 unspecified atom stereocenters. The lowest BCUT2D eigenvalue weighted by atomic mass is 9.98. The van der Waals surface area contributed by atoms with Gasteiger partial charge in [0.25, 0.3) is 0 Å².